The minimum atomic E-state index is -0.357. The molecule has 0 bridgehead atoms. The maximum Gasteiger partial charge on any atom is 0.290 e. The second-order valence-corrected chi connectivity index (χ2v) is 6.50. The van der Waals surface area contributed by atoms with E-state index in [-0.39, 0.29) is 11.1 Å². The van der Waals surface area contributed by atoms with Crippen molar-refractivity contribution >= 4 is 29.0 Å². The maximum absolute atomic E-state index is 11.5. The molecule has 0 spiro atoms. The van der Waals surface area contributed by atoms with Crippen LogP contribution in [0.5, 0.6) is 0 Å². The van der Waals surface area contributed by atoms with E-state index in [1.54, 1.807) is 18.3 Å². The Balaban J connectivity index is 1.63. The van der Waals surface area contributed by atoms with Gasteiger partial charge in [0.1, 0.15) is 5.82 Å². The van der Waals surface area contributed by atoms with Crippen LogP contribution in [-0.4, -0.2) is 34.2 Å². The van der Waals surface area contributed by atoms with E-state index < -0.39 is 0 Å². The molecule has 2 amide bonds. The van der Waals surface area contributed by atoms with Crippen molar-refractivity contribution in [3.05, 3.63) is 28.7 Å². The number of carbonyl (C=O) groups excluding carboxylic acids is 2. The SMILES string of the molecule is O=C1NC(=O)/C(=C/c2ccnc(CCC3CCNCC3)n2)S1. The number of aryl methyl sites for hydroxylation is 1. The molecule has 22 heavy (non-hydrogen) atoms. The Morgan fingerprint density at radius 2 is 2.14 bits per heavy atom. The number of amides is 2. The van der Waals surface area contributed by atoms with E-state index in [0.29, 0.717) is 10.6 Å². The molecule has 0 unspecified atom stereocenters. The first-order chi connectivity index (χ1) is 10.7. The summed E-state index contributed by atoms with van der Waals surface area (Å²) in [7, 11) is 0. The van der Waals surface area contributed by atoms with Crippen molar-refractivity contribution in [2.75, 3.05) is 13.1 Å². The van der Waals surface area contributed by atoms with Gasteiger partial charge in [0, 0.05) is 12.6 Å². The van der Waals surface area contributed by atoms with Crippen molar-refractivity contribution in [1.29, 1.82) is 0 Å². The van der Waals surface area contributed by atoms with E-state index in [1.807, 2.05) is 0 Å². The van der Waals surface area contributed by atoms with Gasteiger partial charge in [-0.05, 0) is 62.2 Å². The van der Waals surface area contributed by atoms with Gasteiger partial charge in [-0.15, -0.1) is 0 Å². The number of nitrogens with zero attached hydrogens (tertiary/aromatic N) is 2. The first-order valence-electron chi connectivity index (χ1n) is 7.48. The Kier molecular flexibility index (Phi) is 4.84. The van der Waals surface area contributed by atoms with Crippen LogP contribution in [0, 0.1) is 5.92 Å². The third kappa shape index (κ3) is 3.92. The molecule has 1 aromatic heterocycles. The van der Waals surface area contributed by atoms with E-state index in [9.17, 15) is 9.59 Å². The van der Waals surface area contributed by atoms with Crippen LogP contribution < -0.4 is 10.6 Å². The summed E-state index contributed by atoms with van der Waals surface area (Å²) in [6.07, 6.45) is 7.71. The van der Waals surface area contributed by atoms with Gasteiger partial charge < -0.3 is 5.32 Å². The average molecular weight is 318 g/mol. The summed E-state index contributed by atoms with van der Waals surface area (Å²) in [6.45, 7) is 2.19. The molecule has 2 fully saturated rings. The molecule has 116 valence electrons. The number of aromatic nitrogens is 2. The second-order valence-electron chi connectivity index (χ2n) is 5.48. The number of nitrogens with one attached hydrogen (secondary N) is 2. The third-order valence-corrected chi connectivity index (χ3v) is 4.69. The van der Waals surface area contributed by atoms with E-state index in [2.05, 4.69) is 20.6 Å². The summed E-state index contributed by atoms with van der Waals surface area (Å²) < 4.78 is 0. The number of carbonyl (C=O) groups is 2. The molecule has 0 atom stereocenters. The van der Waals surface area contributed by atoms with Crippen LogP contribution in [0.3, 0.4) is 0 Å². The summed E-state index contributed by atoms with van der Waals surface area (Å²) in [4.78, 5) is 31.8. The van der Waals surface area contributed by atoms with E-state index in [4.69, 9.17) is 0 Å². The molecule has 0 aliphatic carbocycles. The summed E-state index contributed by atoms with van der Waals surface area (Å²) in [5.74, 6) is 1.17. The van der Waals surface area contributed by atoms with Gasteiger partial charge in [-0.25, -0.2) is 9.97 Å². The van der Waals surface area contributed by atoms with Crippen LogP contribution in [0.1, 0.15) is 30.8 Å². The Bertz CT molecular complexity index is 611. The van der Waals surface area contributed by atoms with Gasteiger partial charge in [-0.3, -0.25) is 14.9 Å². The lowest BCUT2D eigenvalue weighted by Crippen LogP contribution is -2.28. The van der Waals surface area contributed by atoms with E-state index in [1.165, 1.54) is 12.8 Å². The summed E-state index contributed by atoms with van der Waals surface area (Å²) in [5.41, 5.74) is 0.669. The van der Waals surface area contributed by atoms with Gasteiger partial charge in [0.15, 0.2) is 0 Å². The Labute approximate surface area is 133 Å². The highest BCUT2D eigenvalue weighted by molar-refractivity contribution is 8.18. The zero-order chi connectivity index (χ0) is 15.4. The van der Waals surface area contributed by atoms with Crippen LogP contribution in [0.25, 0.3) is 6.08 Å². The van der Waals surface area contributed by atoms with Crippen LogP contribution in [-0.2, 0) is 11.2 Å². The lowest BCUT2D eigenvalue weighted by Gasteiger charge is -2.22. The molecule has 6 nitrogen and oxygen atoms in total. The molecular weight excluding hydrogens is 300 g/mol. The highest BCUT2D eigenvalue weighted by Crippen LogP contribution is 2.25. The van der Waals surface area contributed by atoms with Gasteiger partial charge in [0.25, 0.3) is 11.1 Å². The van der Waals surface area contributed by atoms with Gasteiger partial charge >= 0.3 is 0 Å². The first-order valence-corrected chi connectivity index (χ1v) is 8.30. The quantitative estimate of drug-likeness (QED) is 0.823. The predicted octanol–water partition coefficient (Wildman–Crippen LogP) is 1.73. The zero-order valence-corrected chi connectivity index (χ0v) is 13.0. The molecule has 2 aliphatic heterocycles. The molecule has 0 radical (unpaired) electrons. The van der Waals surface area contributed by atoms with Gasteiger partial charge in [-0.2, -0.15) is 0 Å². The number of hydrogen-bond donors (Lipinski definition) is 2. The fourth-order valence-electron chi connectivity index (χ4n) is 2.67. The largest absolute Gasteiger partial charge is 0.317 e. The molecular formula is C15H18N4O2S. The topological polar surface area (TPSA) is 84.0 Å². The van der Waals surface area contributed by atoms with Crippen molar-refractivity contribution in [1.82, 2.24) is 20.6 Å². The fraction of sp³-hybridized carbons (Fsp3) is 0.467. The normalized spacial score (nSPS) is 21.4. The number of thioether (sulfide) groups is 1. The molecule has 1 aromatic rings. The van der Waals surface area contributed by atoms with Gasteiger partial charge in [0.05, 0.1) is 10.6 Å². The summed E-state index contributed by atoms with van der Waals surface area (Å²) in [6, 6.07) is 1.75. The zero-order valence-electron chi connectivity index (χ0n) is 12.2. The molecule has 3 heterocycles. The second kappa shape index (κ2) is 7.02. The molecule has 2 N–H and O–H groups in total. The lowest BCUT2D eigenvalue weighted by atomic mass is 9.93. The Morgan fingerprint density at radius 3 is 2.86 bits per heavy atom. The Hall–Kier alpha value is -1.73. The summed E-state index contributed by atoms with van der Waals surface area (Å²) >= 11 is 0.905. The maximum atomic E-state index is 11.5. The number of hydrogen-bond acceptors (Lipinski definition) is 6. The molecule has 0 aromatic carbocycles. The van der Waals surface area contributed by atoms with Crippen LogP contribution in [0.2, 0.25) is 0 Å². The Morgan fingerprint density at radius 1 is 1.32 bits per heavy atom. The smallest absolute Gasteiger partial charge is 0.290 e. The number of rotatable bonds is 4. The van der Waals surface area contributed by atoms with Crippen LogP contribution in [0.4, 0.5) is 4.79 Å². The van der Waals surface area contributed by atoms with Gasteiger partial charge in [0.2, 0.25) is 0 Å². The highest BCUT2D eigenvalue weighted by atomic mass is 32.2. The number of imide groups is 1. The van der Waals surface area contributed by atoms with E-state index >= 15 is 0 Å². The molecule has 2 aliphatic rings. The summed E-state index contributed by atoms with van der Waals surface area (Å²) in [5, 5.41) is 5.26. The van der Waals surface area contributed by atoms with E-state index in [0.717, 1.165) is 49.4 Å². The standard InChI is InChI=1S/C15H18N4O2S/c20-14-12(22-15(21)19-14)9-11-5-8-17-13(18-11)2-1-10-3-6-16-7-4-10/h5,8-10,16H,1-4,6-7H2,(H,19,20,21)/b12-9-. The van der Waals surface area contributed by atoms with Crippen LogP contribution in [0.15, 0.2) is 17.2 Å². The van der Waals surface area contributed by atoms with Crippen molar-refractivity contribution in [2.24, 2.45) is 5.92 Å². The van der Waals surface area contributed by atoms with Crippen molar-refractivity contribution in [2.45, 2.75) is 25.7 Å². The monoisotopic (exact) mass is 318 g/mol. The first kappa shape index (κ1) is 15.2. The molecule has 2 saturated heterocycles. The fourth-order valence-corrected chi connectivity index (χ4v) is 3.34. The molecule has 3 rings (SSSR count). The van der Waals surface area contributed by atoms with Crippen molar-refractivity contribution in [3.8, 4) is 0 Å². The lowest BCUT2D eigenvalue weighted by molar-refractivity contribution is -0.115. The third-order valence-electron chi connectivity index (χ3n) is 3.88. The van der Waals surface area contributed by atoms with Crippen LogP contribution >= 0.6 is 11.8 Å². The predicted molar refractivity (Wildman–Crippen MR) is 85.1 cm³/mol. The highest BCUT2D eigenvalue weighted by Gasteiger charge is 2.25. The molecule has 0 saturated carbocycles. The van der Waals surface area contributed by atoms with Gasteiger partial charge in [-0.1, -0.05) is 0 Å². The minimum absolute atomic E-state index is 0.337. The number of piperidine rings is 1. The van der Waals surface area contributed by atoms with Crippen molar-refractivity contribution in [3.63, 3.8) is 0 Å². The van der Waals surface area contributed by atoms with Crippen molar-refractivity contribution < 1.29 is 9.59 Å². The minimum Gasteiger partial charge on any atom is -0.317 e. The molecule has 7 heteroatoms. The average Bonchev–Trinajstić information content (AvgIpc) is 2.84.